The van der Waals surface area contributed by atoms with Crippen LogP contribution in [0.2, 0.25) is 0 Å². The lowest BCUT2D eigenvalue weighted by molar-refractivity contribution is 0.151. The van der Waals surface area contributed by atoms with Crippen LogP contribution in [0.5, 0.6) is 0 Å². The number of furan rings is 2. The maximum atomic E-state index is 8.84. The summed E-state index contributed by atoms with van der Waals surface area (Å²) >= 11 is 1.42. The first kappa shape index (κ1) is 24.0. The third-order valence-corrected chi connectivity index (χ3v) is 6.16. The molecule has 174 valence electrons. The van der Waals surface area contributed by atoms with Gasteiger partial charge in [-0.3, -0.25) is 0 Å². The molecule has 0 saturated carbocycles. The van der Waals surface area contributed by atoms with Gasteiger partial charge >= 0.3 is 0 Å². The Morgan fingerprint density at radius 3 is 1.56 bits per heavy atom. The Balaban J connectivity index is 1.58. The molecule has 0 spiro atoms. The Morgan fingerprint density at radius 1 is 0.694 bits per heavy atom. The van der Waals surface area contributed by atoms with Crippen LogP contribution in [-0.2, 0) is 9.47 Å². The fourth-order valence-corrected chi connectivity index (χ4v) is 4.38. The van der Waals surface area contributed by atoms with Gasteiger partial charge in [0.05, 0.1) is 16.2 Å². The van der Waals surface area contributed by atoms with Crippen molar-refractivity contribution in [2.24, 2.45) is 0 Å². The second kappa shape index (κ2) is 11.4. The SMILES string of the molecule is N#CC(C#N)=C/C=C/c1ccc(C2=C3CC(=C(c4ccc(/C=C/C=C(C#N)C#N)o4)S2)OCCO3)o1. The lowest BCUT2D eigenvalue weighted by Gasteiger charge is -2.19. The van der Waals surface area contributed by atoms with Crippen molar-refractivity contribution in [1.29, 1.82) is 21.0 Å². The first-order valence-electron chi connectivity index (χ1n) is 10.6. The largest absolute Gasteiger partial charge is 0.493 e. The number of nitrogens with zero attached hydrogens (tertiary/aromatic N) is 4. The van der Waals surface area contributed by atoms with Crippen LogP contribution in [0.15, 0.2) is 80.1 Å². The van der Waals surface area contributed by atoms with E-state index in [1.807, 2.05) is 12.1 Å². The minimum absolute atomic E-state index is 0.000730. The Labute approximate surface area is 211 Å². The third-order valence-electron chi connectivity index (χ3n) is 4.90. The standard InChI is InChI=1S/C27H16N4O4S/c28-14-18(15-29)3-1-5-20-7-9-22(34-20)26-24-13-25(33-12-11-32-24)27(36-26)23-10-8-21(35-23)6-2-4-19(16-30)17-31/h1-10H,11-13H2/b5-1+,6-2+. The molecule has 2 aromatic heterocycles. The maximum Gasteiger partial charge on any atom is 0.144 e. The zero-order valence-electron chi connectivity index (χ0n) is 18.7. The van der Waals surface area contributed by atoms with Gasteiger partial charge in [0.2, 0.25) is 0 Å². The Hall–Kier alpha value is -5.09. The summed E-state index contributed by atoms with van der Waals surface area (Å²) in [6, 6.07) is 14.4. The number of ether oxygens (including phenoxy) is 2. The molecule has 0 amide bonds. The van der Waals surface area contributed by atoms with Gasteiger partial charge in [0.25, 0.3) is 0 Å². The number of hydrogen-bond acceptors (Lipinski definition) is 9. The summed E-state index contributed by atoms with van der Waals surface area (Å²) in [5.74, 6) is 3.81. The highest BCUT2D eigenvalue weighted by Gasteiger charge is 2.30. The molecule has 0 atom stereocenters. The number of fused-ring (bicyclic) bond motifs is 2. The van der Waals surface area contributed by atoms with Gasteiger partial charge in [-0.25, -0.2) is 0 Å². The molecule has 1 saturated heterocycles. The van der Waals surface area contributed by atoms with E-state index in [0.29, 0.717) is 42.7 Å². The van der Waals surface area contributed by atoms with E-state index in [-0.39, 0.29) is 11.1 Å². The molecule has 36 heavy (non-hydrogen) atoms. The molecule has 2 bridgehead atoms. The minimum Gasteiger partial charge on any atom is -0.493 e. The smallest absolute Gasteiger partial charge is 0.144 e. The van der Waals surface area contributed by atoms with Gasteiger partial charge in [-0.1, -0.05) is 23.9 Å². The Kier molecular flexibility index (Phi) is 7.59. The van der Waals surface area contributed by atoms with Crippen molar-refractivity contribution in [1.82, 2.24) is 0 Å². The lowest BCUT2D eigenvalue weighted by Crippen LogP contribution is -2.01. The number of nitriles is 4. The molecule has 9 heteroatoms. The Morgan fingerprint density at radius 2 is 1.14 bits per heavy atom. The predicted molar refractivity (Wildman–Crippen MR) is 132 cm³/mol. The highest BCUT2D eigenvalue weighted by Crippen LogP contribution is 2.50. The average molecular weight is 493 g/mol. The molecule has 0 N–H and O–H groups in total. The summed E-state index contributed by atoms with van der Waals surface area (Å²) < 4.78 is 23.8. The summed E-state index contributed by atoms with van der Waals surface area (Å²) in [6.07, 6.45) is 9.77. The average Bonchev–Trinajstić information content (AvgIpc) is 3.52. The van der Waals surface area contributed by atoms with E-state index in [2.05, 4.69) is 0 Å². The van der Waals surface area contributed by atoms with Gasteiger partial charge in [0, 0.05) is 0 Å². The van der Waals surface area contributed by atoms with Gasteiger partial charge in [0.15, 0.2) is 0 Å². The maximum absolute atomic E-state index is 8.84. The number of allylic oxidation sites excluding steroid dienone is 6. The first-order valence-corrected chi connectivity index (χ1v) is 11.4. The van der Waals surface area contributed by atoms with Crippen molar-refractivity contribution in [3.8, 4) is 24.3 Å². The zero-order chi connectivity index (χ0) is 25.3. The van der Waals surface area contributed by atoms with Gasteiger partial charge in [-0.05, 0) is 48.6 Å². The molecule has 2 aliphatic rings. The van der Waals surface area contributed by atoms with Crippen LogP contribution in [0, 0.1) is 45.3 Å². The molecule has 0 radical (unpaired) electrons. The molecule has 0 unspecified atom stereocenters. The fraction of sp³-hybridized carbons (Fsp3) is 0.111. The van der Waals surface area contributed by atoms with Crippen LogP contribution >= 0.6 is 11.8 Å². The van der Waals surface area contributed by atoms with Crippen LogP contribution in [0.1, 0.15) is 29.5 Å². The van der Waals surface area contributed by atoms with E-state index in [1.54, 1.807) is 60.7 Å². The van der Waals surface area contributed by atoms with Crippen LogP contribution < -0.4 is 0 Å². The quantitative estimate of drug-likeness (QED) is 0.347. The predicted octanol–water partition coefficient (Wildman–Crippen LogP) is 6.07. The molecule has 1 fully saturated rings. The number of hydrogen-bond donors (Lipinski definition) is 0. The van der Waals surface area contributed by atoms with Gasteiger partial charge < -0.3 is 18.3 Å². The van der Waals surface area contributed by atoms with Crippen molar-refractivity contribution in [2.75, 3.05) is 13.2 Å². The van der Waals surface area contributed by atoms with E-state index in [9.17, 15) is 0 Å². The molecule has 8 nitrogen and oxygen atoms in total. The normalized spacial score (nSPS) is 14.7. The van der Waals surface area contributed by atoms with E-state index in [0.717, 1.165) is 21.3 Å². The summed E-state index contributed by atoms with van der Waals surface area (Å²) in [6.45, 7) is 0.802. The molecular formula is C27H16N4O4S. The fourth-order valence-electron chi connectivity index (χ4n) is 3.27. The summed E-state index contributed by atoms with van der Waals surface area (Å²) in [7, 11) is 0. The third kappa shape index (κ3) is 5.51. The topological polar surface area (TPSA) is 140 Å². The molecule has 0 aliphatic carbocycles. The van der Waals surface area contributed by atoms with Crippen LogP contribution in [0.25, 0.3) is 22.0 Å². The van der Waals surface area contributed by atoms with Crippen LogP contribution in [-0.4, -0.2) is 13.2 Å². The lowest BCUT2D eigenvalue weighted by atomic mass is 10.2. The molecule has 2 aromatic rings. The monoisotopic (exact) mass is 492 g/mol. The number of thioether (sulfide) groups is 1. The van der Waals surface area contributed by atoms with Gasteiger partial charge in [0.1, 0.15) is 83.2 Å². The minimum atomic E-state index is -0.000730. The van der Waals surface area contributed by atoms with Crippen molar-refractivity contribution < 1.29 is 18.3 Å². The highest BCUT2D eigenvalue weighted by atomic mass is 32.2. The van der Waals surface area contributed by atoms with E-state index < -0.39 is 0 Å². The summed E-state index contributed by atoms with van der Waals surface area (Å²) in [4.78, 5) is 1.60. The summed E-state index contributed by atoms with van der Waals surface area (Å²) in [5.41, 5.74) is -0.00146. The van der Waals surface area contributed by atoms with E-state index in [4.69, 9.17) is 39.4 Å². The summed E-state index contributed by atoms with van der Waals surface area (Å²) in [5, 5.41) is 35.3. The first-order chi connectivity index (χ1) is 17.6. The molecule has 2 aliphatic heterocycles. The van der Waals surface area contributed by atoms with E-state index >= 15 is 0 Å². The Bertz CT molecular complexity index is 1390. The van der Waals surface area contributed by atoms with E-state index in [1.165, 1.54) is 23.9 Å². The molecule has 0 aromatic carbocycles. The molecule has 4 rings (SSSR count). The molecule has 4 heterocycles. The van der Waals surface area contributed by atoms with Crippen molar-refractivity contribution in [3.05, 3.63) is 94.3 Å². The van der Waals surface area contributed by atoms with Crippen LogP contribution in [0.3, 0.4) is 0 Å². The van der Waals surface area contributed by atoms with Crippen LogP contribution in [0.4, 0.5) is 0 Å². The second-order valence-electron chi connectivity index (χ2n) is 7.21. The van der Waals surface area contributed by atoms with Gasteiger partial charge in [-0.2, -0.15) is 21.0 Å². The molecular weight excluding hydrogens is 476 g/mol. The second-order valence-corrected chi connectivity index (χ2v) is 8.23. The number of rotatable bonds is 6. The zero-order valence-corrected chi connectivity index (χ0v) is 19.5. The van der Waals surface area contributed by atoms with Gasteiger partial charge in [-0.15, -0.1) is 0 Å². The highest BCUT2D eigenvalue weighted by molar-refractivity contribution is 8.16. The van der Waals surface area contributed by atoms with Crippen molar-refractivity contribution in [3.63, 3.8) is 0 Å². The van der Waals surface area contributed by atoms with Crippen molar-refractivity contribution >= 4 is 33.7 Å². The van der Waals surface area contributed by atoms with Crippen molar-refractivity contribution in [2.45, 2.75) is 6.42 Å².